The minimum absolute atomic E-state index is 0.116. The summed E-state index contributed by atoms with van der Waals surface area (Å²) >= 11 is 2.81. The molecule has 2 aromatic rings. The minimum Gasteiger partial charge on any atom is -0.354 e. The van der Waals surface area contributed by atoms with E-state index in [4.69, 9.17) is 0 Å². The maximum absolute atomic E-state index is 12.1. The number of rotatable bonds is 13. The van der Waals surface area contributed by atoms with Crippen LogP contribution in [0.1, 0.15) is 60.3 Å². The highest BCUT2D eigenvalue weighted by molar-refractivity contribution is 7.99. The lowest BCUT2D eigenvalue weighted by Crippen LogP contribution is -2.34. The lowest BCUT2D eigenvalue weighted by Gasteiger charge is -2.10. The zero-order valence-electron chi connectivity index (χ0n) is 21.2. The normalized spacial score (nSPS) is 10.4. The van der Waals surface area contributed by atoms with Crippen molar-refractivity contribution in [2.24, 2.45) is 0 Å². The lowest BCUT2D eigenvalue weighted by atomic mass is 10.1. The van der Waals surface area contributed by atoms with Crippen LogP contribution in [0.4, 0.5) is 0 Å². The summed E-state index contributed by atoms with van der Waals surface area (Å²) in [6.45, 7) is 8.61. The number of nitriles is 2. The van der Waals surface area contributed by atoms with Gasteiger partial charge in [0.05, 0.1) is 11.1 Å². The van der Waals surface area contributed by atoms with Crippen molar-refractivity contribution in [3.63, 3.8) is 0 Å². The molecule has 0 bridgehead atoms. The van der Waals surface area contributed by atoms with Gasteiger partial charge in [-0.25, -0.2) is 9.97 Å². The highest BCUT2D eigenvalue weighted by atomic mass is 32.2. The van der Waals surface area contributed by atoms with Crippen molar-refractivity contribution in [1.82, 2.24) is 20.6 Å². The van der Waals surface area contributed by atoms with E-state index in [2.05, 4.69) is 32.7 Å². The Kier molecular flexibility index (Phi) is 12.2. The smallest absolute Gasteiger partial charge is 0.220 e. The largest absolute Gasteiger partial charge is 0.354 e. The number of hydrogen-bond donors (Lipinski definition) is 2. The molecule has 2 heterocycles. The van der Waals surface area contributed by atoms with Gasteiger partial charge in [0.2, 0.25) is 11.8 Å². The van der Waals surface area contributed by atoms with Gasteiger partial charge in [0.1, 0.15) is 22.2 Å². The van der Waals surface area contributed by atoms with E-state index in [0.717, 1.165) is 35.4 Å². The average molecular weight is 525 g/mol. The van der Waals surface area contributed by atoms with Gasteiger partial charge in [-0.05, 0) is 49.9 Å². The molecule has 0 fully saturated rings. The zero-order valence-corrected chi connectivity index (χ0v) is 22.9. The second kappa shape index (κ2) is 15.1. The summed E-state index contributed by atoms with van der Waals surface area (Å²) in [4.78, 5) is 33.3. The molecule has 0 saturated carbocycles. The van der Waals surface area contributed by atoms with Crippen molar-refractivity contribution in [2.75, 3.05) is 24.6 Å². The Balaban J connectivity index is 1.66. The Bertz CT molecular complexity index is 1080. The first kappa shape index (κ1) is 29.2. The fraction of sp³-hybridized carbons (Fsp3) is 0.462. The first-order chi connectivity index (χ1) is 17.3. The quantitative estimate of drug-likeness (QED) is 0.298. The predicted octanol–water partition coefficient (Wildman–Crippen LogP) is 3.86. The lowest BCUT2D eigenvalue weighted by molar-refractivity contribution is -0.122. The Morgan fingerprint density at radius 2 is 1.19 bits per heavy atom. The molecule has 10 heteroatoms. The van der Waals surface area contributed by atoms with Crippen LogP contribution in [0.5, 0.6) is 0 Å². The van der Waals surface area contributed by atoms with E-state index in [1.54, 1.807) is 0 Å². The number of aromatic nitrogens is 2. The molecule has 0 spiro atoms. The fourth-order valence-corrected chi connectivity index (χ4v) is 5.25. The summed E-state index contributed by atoms with van der Waals surface area (Å²) in [6, 6.07) is 8.03. The van der Waals surface area contributed by atoms with Gasteiger partial charge in [0, 0.05) is 48.8 Å². The fourth-order valence-electron chi connectivity index (χ4n) is 3.42. The van der Waals surface area contributed by atoms with Gasteiger partial charge in [-0.3, -0.25) is 9.59 Å². The summed E-state index contributed by atoms with van der Waals surface area (Å²) in [6.07, 6.45) is 2.17. The molecule has 0 radical (unpaired) electrons. The number of carbonyl (C=O) groups excluding carboxylic acids is 2. The van der Waals surface area contributed by atoms with Crippen molar-refractivity contribution in [2.45, 2.75) is 63.4 Å². The van der Waals surface area contributed by atoms with Gasteiger partial charge < -0.3 is 10.6 Å². The van der Waals surface area contributed by atoms with Crippen LogP contribution in [0.3, 0.4) is 0 Å². The van der Waals surface area contributed by atoms with E-state index in [-0.39, 0.29) is 11.8 Å². The summed E-state index contributed by atoms with van der Waals surface area (Å²) in [5.74, 6) is 0.798. The van der Waals surface area contributed by atoms with Gasteiger partial charge in [-0.15, -0.1) is 23.5 Å². The number of thioether (sulfide) groups is 2. The second-order valence-corrected chi connectivity index (χ2v) is 10.2. The van der Waals surface area contributed by atoms with Gasteiger partial charge in [0.25, 0.3) is 0 Å². The van der Waals surface area contributed by atoms with Crippen molar-refractivity contribution >= 4 is 35.3 Å². The Morgan fingerprint density at radius 3 is 1.53 bits per heavy atom. The Morgan fingerprint density at radius 1 is 0.806 bits per heavy atom. The molecule has 8 nitrogen and oxygen atoms in total. The number of amides is 2. The summed E-state index contributed by atoms with van der Waals surface area (Å²) in [7, 11) is 0. The van der Waals surface area contributed by atoms with E-state index in [1.165, 1.54) is 23.5 Å². The molecular weight excluding hydrogens is 492 g/mol. The van der Waals surface area contributed by atoms with Crippen molar-refractivity contribution < 1.29 is 9.59 Å². The van der Waals surface area contributed by atoms with Crippen molar-refractivity contribution in [3.05, 3.63) is 45.8 Å². The molecule has 2 amide bonds. The number of nitrogens with zero attached hydrogens (tertiary/aromatic N) is 4. The third-order valence-corrected chi connectivity index (χ3v) is 7.37. The standard InChI is InChI=1S/C26H32N6O2S2/c1-5-21-17(3)13-19(15-27)25(31-21)35-11-7-23(33)29-9-10-30-24(34)8-12-36-26-20(16-28)14-18(4)22(6-2)32-26/h13-14H,5-12H2,1-4H3,(H,29,33)(H,30,34). The molecule has 0 aromatic carbocycles. The second-order valence-electron chi connectivity index (χ2n) is 8.04. The molecule has 0 aliphatic carbocycles. The average Bonchev–Trinajstić information content (AvgIpc) is 2.87. The minimum atomic E-state index is -0.116. The summed E-state index contributed by atoms with van der Waals surface area (Å²) in [5.41, 5.74) is 4.98. The third kappa shape index (κ3) is 8.85. The number of hydrogen-bond acceptors (Lipinski definition) is 8. The Hall–Kier alpha value is -3.08. The summed E-state index contributed by atoms with van der Waals surface area (Å²) in [5, 5.41) is 25.6. The van der Waals surface area contributed by atoms with E-state index in [0.29, 0.717) is 58.6 Å². The molecule has 2 N–H and O–H groups in total. The van der Waals surface area contributed by atoms with Crippen LogP contribution < -0.4 is 10.6 Å². The maximum atomic E-state index is 12.1. The molecule has 0 atom stereocenters. The van der Waals surface area contributed by atoms with Gasteiger partial charge in [0.15, 0.2) is 0 Å². The monoisotopic (exact) mass is 524 g/mol. The number of pyridine rings is 2. The van der Waals surface area contributed by atoms with Crippen LogP contribution in [0.2, 0.25) is 0 Å². The zero-order chi connectivity index (χ0) is 26.5. The molecule has 36 heavy (non-hydrogen) atoms. The first-order valence-electron chi connectivity index (χ1n) is 11.9. The maximum Gasteiger partial charge on any atom is 0.220 e. The van der Waals surface area contributed by atoms with E-state index >= 15 is 0 Å². The molecule has 2 aromatic heterocycles. The first-order valence-corrected chi connectivity index (χ1v) is 13.9. The molecule has 0 aliphatic heterocycles. The van der Waals surface area contributed by atoms with E-state index in [1.807, 2.05) is 39.8 Å². The van der Waals surface area contributed by atoms with Crippen LogP contribution in [0.15, 0.2) is 22.2 Å². The van der Waals surface area contributed by atoms with Crippen LogP contribution in [-0.4, -0.2) is 46.4 Å². The van der Waals surface area contributed by atoms with E-state index in [9.17, 15) is 20.1 Å². The van der Waals surface area contributed by atoms with Gasteiger partial charge in [-0.1, -0.05) is 13.8 Å². The topological polar surface area (TPSA) is 132 Å². The summed E-state index contributed by atoms with van der Waals surface area (Å²) < 4.78 is 0. The highest BCUT2D eigenvalue weighted by Gasteiger charge is 2.12. The molecule has 0 unspecified atom stereocenters. The van der Waals surface area contributed by atoms with Crippen LogP contribution in [0.25, 0.3) is 0 Å². The molecule has 0 saturated heterocycles. The van der Waals surface area contributed by atoms with Gasteiger partial charge in [-0.2, -0.15) is 10.5 Å². The molecular formula is C26H32N6O2S2. The molecule has 190 valence electrons. The molecule has 2 rings (SSSR count). The van der Waals surface area contributed by atoms with Gasteiger partial charge >= 0.3 is 0 Å². The van der Waals surface area contributed by atoms with Crippen LogP contribution in [-0.2, 0) is 22.4 Å². The number of aryl methyl sites for hydroxylation is 4. The number of carbonyl (C=O) groups is 2. The SMILES string of the molecule is CCc1nc(SCCC(=O)NCCNC(=O)CCSc2nc(CC)c(C)cc2C#N)c(C#N)cc1C. The van der Waals surface area contributed by atoms with Crippen molar-refractivity contribution in [1.29, 1.82) is 10.5 Å². The highest BCUT2D eigenvalue weighted by Crippen LogP contribution is 2.24. The van der Waals surface area contributed by atoms with Crippen LogP contribution >= 0.6 is 23.5 Å². The van der Waals surface area contributed by atoms with E-state index < -0.39 is 0 Å². The predicted molar refractivity (Wildman–Crippen MR) is 143 cm³/mol. The third-order valence-electron chi connectivity index (χ3n) is 5.38. The molecule has 0 aliphatic rings. The Labute approximate surface area is 221 Å². The number of nitrogens with one attached hydrogen (secondary N) is 2. The van der Waals surface area contributed by atoms with Crippen LogP contribution in [0, 0.1) is 36.5 Å². The van der Waals surface area contributed by atoms with Crippen molar-refractivity contribution in [3.8, 4) is 12.1 Å².